The largest absolute Gasteiger partial charge is 0.390 e. The average molecular weight is 173 g/mol. The van der Waals surface area contributed by atoms with E-state index < -0.39 is 5.60 Å². The molecule has 0 aromatic rings. The molecular weight excluding hydrogens is 154 g/mol. The molecule has 1 atom stereocenters. The Morgan fingerprint density at radius 3 is 2.50 bits per heavy atom. The predicted octanol–water partition coefficient (Wildman–Crippen LogP) is -0.441. The summed E-state index contributed by atoms with van der Waals surface area (Å²) < 4.78 is 0. The summed E-state index contributed by atoms with van der Waals surface area (Å²) in [4.78, 5) is 0. The Bertz CT molecular complexity index is 141. The lowest BCUT2D eigenvalue weighted by Gasteiger charge is -2.42. The van der Waals surface area contributed by atoms with Gasteiger partial charge in [-0.1, -0.05) is 0 Å². The molecule has 1 aliphatic rings. The fraction of sp³-hybridized carbons (Fsp3) is 1.00. The van der Waals surface area contributed by atoms with Crippen LogP contribution in [0.3, 0.4) is 0 Å². The van der Waals surface area contributed by atoms with Crippen molar-refractivity contribution >= 4 is 0 Å². The molecule has 0 aromatic carbocycles. The lowest BCUT2D eigenvalue weighted by atomic mass is 9.77. The van der Waals surface area contributed by atoms with Gasteiger partial charge in [0.15, 0.2) is 0 Å². The molecule has 0 spiro atoms. The molecular formula is C8H19N3O. The summed E-state index contributed by atoms with van der Waals surface area (Å²) in [5.74, 6) is 0. The highest BCUT2D eigenvalue weighted by Gasteiger charge is 2.38. The summed E-state index contributed by atoms with van der Waals surface area (Å²) >= 11 is 0. The first-order chi connectivity index (χ1) is 5.53. The van der Waals surface area contributed by atoms with Crippen LogP contribution in [0.15, 0.2) is 0 Å². The normalized spacial score (nSPS) is 37.5. The molecule has 4 nitrogen and oxygen atoms in total. The molecule has 1 aliphatic carbocycles. The molecule has 0 heterocycles. The Kier molecular flexibility index (Phi) is 3.06. The van der Waals surface area contributed by atoms with Gasteiger partial charge in [0.1, 0.15) is 0 Å². The van der Waals surface area contributed by atoms with Crippen molar-refractivity contribution < 1.29 is 5.11 Å². The smallest absolute Gasteiger partial charge is 0.0677 e. The third kappa shape index (κ3) is 2.71. The first-order valence-corrected chi connectivity index (χ1v) is 4.44. The average Bonchev–Trinajstić information content (AvgIpc) is 1.83. The van der Waals surface area contributed by atoms with Crippen LogP contribution in [-0.2, 0) is 0 Å². The van der Waals surface area contributed by atoms with Crippen molar-refractivity contribution in [2.75, 3.05) is 7.05 Å². The van der Waals surface area contributed by atoms with Crippen molar-refractivity contribution in [2.24, 2.45) is 0 Å². The fourth-order valence-electron chi connectivity index (χ4n) is 1.73. The summed E-state index contributed by atoms with van der Waals surface area (Å²) in [6.07, 6.45) is 1.95. The maximum atomic E-state index is 9.45. The van der Waals surface area contributed by atoms with E-state index in [9.17, 15) is 5.11 Å². The summed E-state index contributed by atoms with van der Waals surface area (Å²) in [6.45, 7) is 3.92. The summed E-state index contributed by atoms with van der Waals surface area (Å²) in [5, 5.41) is 12.8. The summed E-state index contributed by atoms with van der Waals surface area (Å²) in [6, 6.07) is 0.454. The molecule has 0 radical (unpaired) electrons. The van der Waals surface area contributed by atoms with E-state index >= 15 is 0 Å². The van der Waals surface area contributed by atoms with Gasteiger partial charge in [-0.2, -0.15) is 0 Å². The van der Waals surface area contributed by atoms with Crippen LogP contribution in [0.1, 0.15) is 26.7 Å². The third-order valence-electron chi connectivity index (χ3n) is 2.22. The van der Waals surface area contributed by atoms with Gasteiger partial charge in [0, 0.05) is 6.04 Å². The summed E-state index contributed by atoms with van der Waals surface area (Å²) in [7, 11) is 1.84. The Balaban J connectivity index is 2.10. The van der Waals surface area contributed by atoms with Crippen LogP contribution >= 0.6 is 0 Å². The van der Waals surface area contributed by atoms with E-state index in [-0.39, 0.29) is 6.17 Å². The predicted molar refractivity (Wildman–Crippen MR) is 48.4 cm³/mol. The molecule has 12 heavy (non-hydrogen) atoms. The Morgan fingerprint density at radius 1 is 1.50 bits per heavy atom. The molecule has 0 amide bonds. The second kappa shape index (κ2) is 3.70. The Hall–Kier alpha value is -0.160. The first-order valence-electron chi connectivity index (χ1n) is 4.44. The Morgan fingerprint density at radius 2 is 2.08 bits per heavy atom. The molecule has 1 rings (SSSR count). The van der Waals surface area contributed by atoms with Crippen molar-refractivity contribution in [1.29, 1.82) is 0 Å². The number of nitrogens with one attached hydrogen (secondary N) is 3. The van der Waals surface area contributed by atoms with Crippen LogP contribution in [0, 0.1) is 0 Å². The van der Waals surface area contributed by atoms with Crippen LogP contribution in [0.2, 0.25) is 0 Å². The van der Waals surface area contributed by atoms with E-state index in [1.54, 1.807) is 0 Å². The van der Waals surface area contributed by atoms with Crippen LogP contribution in [-0.4, -0.2) is 30.0 Å². The zero-order chi connectivity index (χ0) is 9.19. The van der Waals surface area contributed by atoms with Gasteiger partial charge in [0.25, 0.3) is 0 Å². The summed E-state index contributed by atoms with van der Waals surface area (Å²) in [5.41, 5.74) is 5.46. The van der Waals surface area contributed by atoms with Crippen molar-refractivity contribution in [1.82, 2.24) is 16.2 Å². The number of hydrogen-bond acceptors (Lipinski definition) is 4. The molecule has 0 aliphatic heterocycles. The number of hydrogen-bond donors (Lipinski definition) is 4. The highest BCUT2D eigenvalue weighted by molar-refractivity contribution is 4.95. The number of rotatable bonds is 4. The van der Waals surface area contributed by atoms with Gasteiger partial charge in [-0.05, 0) is 33.7 Å². The molecule has 1 saturated carbocycles. The molecule has 72 valence electrons. The molecule has 0 aromatic heterocycles. The molecule has 4 heteroatoms. The SMILES string of the molecule is CNNC(C)N[C@H]1C[C@@](C)(O)C1. The van der Waals surface area contributed by atoms with Crippen LogP contribution in [0.25, 0.3) is 0 Å². The molecule has 1 unspecified atom stereocenters. The van der Waals surface area contributed by atoms with Crippen molar-refractivity contribution in [2.45, 2.75) is 44.5 Å². The lowest BCUT2D eigenvalue weighted by molar-refractivity contribution is -0.0424. The van der Waals surface area contributed by atoms with Crippen molar-refractivity contribution in [3.05, 3.63) is 0 Å². The van der Waals surface area contributed by atoms with E-state index in [1.165, 1.54) is 0 Å². The molecule has 4 N–H and O–H groups in total. The standard InChI is InChI=1S/C8H19N3O/c1-6(11-9-3)10-7-4-8(2,12)5-7/h6-7,9-12H,4-5H2,1-3H3/t6?,7-,8+. The van der Waals surface area contributed by atoms with Gasteiger partial charge in [-0.3, -0.25) is 10.7 Å². The van der Waals surface area contributed by atoms with E-state index in [1.807, 2.05) is 20.9 Å². The van der Waals surface area contributed by atoms with Gasteiger partial charge in [-0.25, -0.2) is 5.43 Å². The maximum absolute atomic E-state index is 9.45. The number of hydrazine groups is 1. The van der Waals surface area contributed by atoms with Gasteiger partial charge < -0.3 is 5.11 Å². The van der Waals surface area contributed by atoms with Crippen LogP contribution < -0.4 is 16.2 Å². The van der Waals surface area contributed by atoms with E-state index in [0.717, 1.165) is 12.8 Å². The second-order valence-electron chi connectivity index (χ2n) is 3.88. The zero-order valence-electron chi connectivity index (χ0n) is 8.02. The van der Waals surface area contributed by atoms with Gasteiger partial charge >= 0.3 is 0 Å². The highest BCUT2D eigenvalue weighted by atomic mass is 16.3. The van der Waals surface area contributed by atoms with Crippen LogP contribution in [0.5, 0.6) is 0 Å². The van der Waals surface area contributed by atoms with E-state index in [2.05, 4.69) is 16.2 Å². The first kappa shape index (κ1) is 9.92. The van der Waals surface area contributed by atoms with Gasteiger partial charge in [-0.15, -0.1) is 0 Å². The minimum Gasteiger partial charge on any atom is -0.390 e. The second-order valence-corrected chi connectivity index (χ2v) is 3.88. The minimum absolute atomic E-state index is 0.246. The molecule has 0 bridgehead atoms. The lowest BCUT2D eigenvalue weighted by Crippen LogP contribution is -2.58. The van der Waals surface area contributed by atoms with E-state index in [0.29, 0.717) is 6.04 Å². The topological polar surface area (TPSA) is 56.3 Å². The van der Waals surface area contributed by atoms with E-state index in [4.69, 9.17) is 0 Å². The zero-order valence-corrected chi connectivity index (χ0v) is 8.02. The minimum atomic E-state index is -0.434. The quantitative estimate of drug-likeness (QED) is 0.344. The highest BCUT2D eigenvalue weighted by Crippen LogP contribution is 2.31. The van der Waals surface area contributed by atoms with Gasteiger partial charge in [0.2, 0.25) is 0 Å². The fourth-order valence-corrected chi connectivity index (χ4v) is 1.73. The van der Waals surface area contributed by atoms with Crippen molar-refractivity contribution in [3.63, 3.8) is 0 Å². The maximum Gasteiger partial charge on any atom is 0.0677 e. The third-order valence-corrected chi connectivity index (χ3v) is 2.22. The monoisotopic (exact) mass is 173 g/mol. The van der Waals surface area contributed by atoms with Gasteiger partial charge in [0.05, 0.1) is 11.8 Å². The Labute approximate surface area is 73.7 Å². The number of aliphatic hydroxyl groups is 1. The van der Waals surface area contributed by atoms with Crippen molar-refractivity contribution in [3.8, 4) is 0 Å². The molecule has 1 fully saturated rings. The molecule has 0 saturated heterocycles. The van der Waals surface area contributed by atoms with Crippen LogP contribution in [0.4, 0.5) is 0 Å².